The number of halogens is 1. The average molecular weight is 446 g/mol. The van der Waals surface area contributed by atoms with Crippen molar-refractivity contribution in [1.82, 2.24) is 9.21 Å². The highest BCUT2D eigenvalue weighted by Crippen LogP contribution is 2.32. The summed E-state index contributed by atoms with van der Waals surface area (Å²) in [5.74, 6) is -1.33. The molecule has 31 heavy (non-hydrogen) atoms. The van der Waals surface area contributed by atoms with Crippen LogP contribution in [0.2, 0.25) is 0 Å². The molecule has 2 fully saturated rings. The molecule has 0 unspecified atom stereocenters. The third-order valence-electron chi connectivity index (χ3n) is 5.95. The van der Waals surface area contributed by atoms with Gasteiger partial charge in [0.15, 0.2) is 0 Å². The molecule has 1 atom stereocenters. The summed E-state index contributed by atoms with van der Waals surface area (Å²) in [7, 11) is -3.96. The molecule has 4 rings (SSSR count). The number of piperazine rings is 1. The Bertz CT molecular complexity index is 1120. The van der Waals surface area contributed by atoms with Crippen molar-refractivity contribution in [1.29, 1.82) is 0 Å². The number of hydrogen-bond donors (Lipinski definition) is 0. The van der Waals surface area contributed by atoms with Crippen molar-refractivity contribution in [2.45, 2.75) is 31.2 Å². The average Bonchev–Trinajstić information content (AvgIpc) is 3.03. The molecule has 2 aromatic rings. The van der Waals surface area contributed by atoms with Gasteiger partial charge in [0.25, 0.3) is 5.91 Å². The van der Waals surface area contributed by atoms with E-state index >= 15 is 0 Å². The SMILES string of the molecule is Cc1cccc(C)c1N1C(=O)C[C@H](N2CCN(S(=O)(=O)c3ccccc3F)CC2)C1=O. The van der Waals surface area contributed by atoms with Crippen molar-refractivity contribution in [2.24, 2.45) is 0 Å². The highest BCUT2D eigenvalue weighted by molar-refractivity contribution is 7.89. The van der Waals surface area contributed by atoms with Crippen LogP contribution in [0.15, 0.2) is 47.4 Å². The number of benzene rings is 2. The van der Waals surface area contributed by atoms with Gasteiger partial charge in [-0.3, -0.25) is 14.5 Å². The number of nitrogens with zero attached hydrogens (tertiary/aromatic N) is 3. The van der Waals surface area contributed by atoms with Gasteiger partial charge >= 0.3 is 0 Å². The number of amides is 2. The lowest BCUT2D eigenvalue weighted by atomic mass is 10.1. The van der Waals surface area contributed by atoms with Gasteiger partial charge < -0.3 is 0 Å². The summed E-state index contributed by atoms with van der Waals surface area (Å²) < 4.78 is 40.9. The van der Waals surface area contributed by atoms with Gasteiger partial charge in [0.2, 0.25) is 15.9 Å². The fourth-order valence-electron chi connectivity index (χ4n) is 4.34. The molecule has 2 saturated heterocycles. The van der Waals surface area contributed by atoms with E-state index in [1.165, 1.54) is 27.4 Å². The molecule has 7 nitrogen and oxygen atoms in total. The van der Waals surface area contributed by atoms with Gasteiger partial charge in [-0.25, -0.2) is 17.7 Å². The first kappa shape index (κ1) is 21.6. The summed E-state index contributed by atoms with van der Waals surface area (Å²) in [6, 6.07) is 10.3. The molecular formula is C22H24FN3O4S. The summed E-state index contributed by atoms with van der Waals surface area (Å²) in [4.78, 5) is 28.6. The topological polar surface area (TPSA) is 78.0 Å². The molecule has 2 aromatic carbocycles. The Morgan fingerprint density at radius 3 is 2.13 bits per heavy atom. The second kappa shape index (κ2) is 8.14. The summed E-state index contributed by atoms with van der Waals surface area (Å²) in [6.45, 7) is 4.55. The number of para-hydroxylation sites is 1. The van der Waals surface area contributed by atoms with Crippen LogP contribution >= 0.6 is 0 Å². The lowest BCUT2D eigenvalue weighted by Gasteiger charge is -2.36. The standard InChI is InChI=1S/C22H24FN3O4S/c1-15-6-5-7-16(2)21(15)26-20(27)14-18(22(26)28)24-10-12-25(13-11-24)31(29,30)19-9-4-3-8-17(19)23/h3-9,18H,10-14H2,1-2H3/t18-/m0/s1. The number of carbonyl (C=O) groups excluding carboxylic acids is 2. The van der Waals surface area contributed by atoms with Crippen LogP contribution in [-0.2, 0) is 19.6 Å². The second-order valence-electron chi connectivity index (χ2n) is 7.90. The smallest absolute Gasteiger partial charge is 0.251 e. The van der Waals surface area contributed by atoms with Crippen LogP contribution in [0.1, 0.15) is 17.5 Å². The van der Waals surface area contributed by atoms with Crippen LogP contribution in [-0.4, -0.2) is 61.7 Å². The van der Waals surface area contributed by atoms with Gasteiger partial charge in [0.1, 0.15) is 10.7 Å². The summed E-state index contributed by atoms with van der Waals surface area (Å²) in [5, 5.41) is 0. The molecule has 2 aliphatic heterocycles. The van der Waals surface area contributed by atoms with Crippen LogP contribution in [0.5, 0.6) is 0 Å². The van der Waals surface area contributed by atoms with E-state index in [1.807, 2.05) is 36.9 Å². The molecule has 0 aliphatic carbocycles. The van der Waals surface area contributed by atoms with Crippen LogP contribution in [0.25, 0.3) is 0 Å². The van der Waals surface area contributed by atoms with E-state index in [0.29, 0.717) is 5.69 Å². The maximum Gasteiger partial charge on any atom is 0.251 e. The molecule has 164 valence electrons. The Morgan fingerprint density at radius 2 is 1.52 bits per heavy atom. The number of sulfonamides is 1. The third kappa shape index (κ3) is 3.77. The van der Waals surface area contributed by atoms with Crippen molar-refractivity contribution in [3.8, 4) is 0 Å². The maximum absolute atomic E-state index is 14.0. The van der Waals surface area contributed by atoms with E-state index in [1.54, 1.807) is 0 Å². The van der Waals surface area contributed by atoms with E-state index in [0.717, 1.165) is 17.2 Å². The highest BCUT2D eigenvalue weighted by Gasteiger charge is 2.45. The molecule has 2 amide bonds. The Labute approximate surface area is 181 Å². The zero-order chi connectivity index (χ0) is 22.3. The van der Waals surface area contributed by atoms with Gasteiger partial charge in [-0.2, -0.15) is 4.31 Å². The van der Waals surface area contributed by atoms with E-state index in [4.69, 9.17) is 0 Å². The van der Waals surface area contributed by atoms with E-state index < -0.39 is 21.9 Å². The van der Waals surface area contributed by atoms with Crippen molar-refractivity contribution in [3.05, 3.63) is 59.4 Å². The minimum atomic E-state index is -3.96. The molecule has 9 heteroatoms. The second-order valence-corrected chi connectivity index (χ2v) is 9.80. The molecule has 0 saturated carbocycles. The number of hydrogen-bond acceptors (Lipinski definition) is 5. The normalized spacial score (nSPS) is 21.1. The van der Waals surface area contributed by atoms with Crippen LogP contribution < -0.4 is 4.90 Å². The van der Waals surface area contributed by atoms with Gasteiger partial charge in [-0.1, -0.05) is 30.3 Å². The maximum atomic E-state index is 14.0. The first-order valence-corrected chi connectivity index (χ1v) is 11.6. The Balaban J connectivity index is 1.49. The van der Waals surface area contributed by atoms with Crippen LogP contribution in [0.4, 0.5) is 10.1 Å². The number of imide groups is 1. The van der Waals surface area contributed by atoms with E-state index in [9.17, 15) is 22.4 Å². The molecule has 0 N–H and O–H groups in total. The number of aryl methyl sites for hydroxylation is 2. The molecule has 0 radical (unpaired) electrons. The quantitative estimate of drug-likeness (QED) is 0.674. The minimum absolute atomic E-state index is 0.0622. The summed E-state index contributed by atoms with van der Waals surface area (Å²) in [5.41, 5.74) is 2.33. The molecule has 0 aromatic heterocycles. The van der Waals surface area contributed by atoms with Crippen molar-refractivity contribution in [2.75, 3.05) is 31.1 Å². The number of carbonyl (C=O) groups is 2. The summed E-state index contributed by atoms with van der Waals surface area (Å²) in [6.07, 6.45) is 0.0622. The number of anilines is 1. The molecule has 0 spiro atoms. The first-order chi connectivity index (χ1) is 14.7. The zero-order valence-corrected chi connectivity index (χ0v) is 18.2. The largest absolute Gasteiger partial charge is 0.289 e. The van der Waals surface area contributed by atoms with Gasteiger partial charge in [0.05, 0.1) is 18.2 Å². The Hall–Kier alpha value is -2.62. The van der Waals surface area contributed by atoms with Crippen molar-refractivity contribution < 1.29 is 22.4 Å². The fraction of sp³-hybridized carbons (Fsp3) is 0.364. The lowest BCUT2D eigenvalue weighted by Crippen LogP contribution is -2.53. The van der Waals surface area contributed by atoms with Crippen molar-refractivity contribution in [3.63, 3.8) is 0 Å². The third-order valence-corrected chi connectivity index (χ3v) is 7.89. The monoisotopic (exact) mass is 445 g/mol. The number of rotatable bonds is 4. The zero-order valence-electron chi connectivity index (χ0n) is 17.4. The first-order valence-electron chi connectivity index (χ1n) is 10.1. The van der Waals surface area contributed by atoms with Crippen LogP contribution in [0.3, 0.4) is 0 Å². The highest BCUT2D eigenvalue weighted by atomic mass is 32.2. The van der Waals surface area contributed by atoms with Crippen molar-refractivity contribution >= 4 is 27.5 Å². The Morgan fingerprint density at radius 1 is 0.903 bits per heavy atom. The predicted molar refractivity (Wildman–Crippen MR) is 114 cm³/mol. The molecule has 2 aliphatic rings. The van der Waals surface area contributed by atoms with E-state index in [-0.39, 0.29) is 49.3 Å². The lowest BCUT2D eigenvalue weighted by molar-refractivity contribution is -0.123. The minimum Gasteiger partial charge on any atom is -0.289 e. The Kier molecular flexibility index (Phi) is 5.67. The molecular weight excluding hydrogens is 421 g/mol. The molecule has 0 bridgehead atoms. The van der Waals surface area contributed by atoms with Gasteiger partial charge in [-0.05, 0) is 37.1 Å². The van der Waals surface area contributed by atoms with E-state index in [2.05, 4.69) is 0 Å². The van der Waals surface area contributed by atoms with Gasteiger partial charge in [0, 0.05) is 26.2 Å². The summed E-state index contributed by atoms with van der Waals surface area (Å²) >= 11 is 0. The van der Waals surface area contributed by atoms with Crippen LogP contribution in [0, 0.1) is 19.7 Å². The van der Waals surface area contributed by atoms with Gasteiger partial charge in [-0.15, -0.1) is 0 Å². The predicted octanol–water partition coefficient (Wildman–Crippen LogP) is 2.08. The fourth-order valence-corrected chi connectivity index (χ4v) is 5.83. The molecule has 2 heterocycles.